The van der Waals surface area contributed by atoms with Crippen LogP contribution in [0.4, 0.5) is 0 Å². The molecule has 4 heteroatoms. The molecule has 0 radical (unpaired) electrons. The quantitative estimate of drug-likeness (QED) is 0.292. The average Bonchev–Trinajstić information content (AvgIpc) is 3.46. The third kappa shape index (κ3) is 4.87. The Balaban J connectivity index is 0.000000356. The van der Waals surface area contributed by atoms with Gasteiger partial charge in [0.2, 0.25) is 0 Å². The topological polar surface area (TPSA) is 0 Å². The zero-order chi connectivity index (χ0) is 18.1. The molecule has 0 saturated heterocycles. The fourth-order valence-electron chi connectivity index (χ4n) is 4.37. The molecular formula is C26H23Cl2PZr. The van der Waals surface area contributed by atoms with Crippen molar-refractivity contribution < 1.29 is 51.0 Å². The molecule has 1 aliphatic rings. The van der Waals surface area contributed by atoms with Crippen LogP contribution in [-0.4, -0.2) is 0 Å². The summed E-state index contributed by atoms with van der Waals surface area (Å²) in [5, 5.41) is 9.24. The van der Waals surface area contributed by atoms with Crippen molar-refractivity contribution in [3.05, 3.63) is 102 Å². The van der Waals surface area contributed by atoms with E-state index in [-0.39, 0.29) is 58.6 Å². The minimum atomic E-state index is -0.281. The van der Waals surface area contributed by atoms with Crippen molar-refractivity contribution in [2.45, 2.75) is 25.7 Å². The van der Waals surface area contributed by atoms with Crippen molar-refractivity contribution in [1.82, 2.24) is 0 Å². The van der Waals surface area contributed by atoms with E-state index in [2.05, 4.69) is 60.7 Å². The molecule has 0 bridgehead atoms. The minimum absolute atomic E-state index is 0. The van der Waals surface area contributed by atoms with Gasteiger partial charge < -0.3 is 24.8 Å². The molecule has 0 amide bonds. The fourth-order valence-corrected chi connectivity index (χ4v) is 7.36. The summed E-state index contributed by atoms with van der Waals surface area (Å²) < 4.78 is 0. The van der Waals surface area contributed by atoms with E-state index in [4.69, 9.17) is 0 Å². The molecule has 4 aromatic carbocycles. The molecule has 1 aliphatic carbocycles. The molecule has 150 valence electrons. The van der Waals surface area contributed by atoms with E-state index in [1.165, 1.54) is 36.5 Å². The second-order valence-corrected chi connectivity index (χ2v) is 9.50. The molecule has 0 saturated carbocycles. The van der Waals surface area contributed by atoms with Crippen LogP contribution in [-0.2, 0) is 39.0 Å². The summed E-state index contributed by atoms with van der Waals surface area (Å²) in [6.07, 6.45) is 5.31. The van der Waals surface area contributed by atoms with Crippen LogP contribution in [0, 0.1) is 0 Å². The Morgan fingerprint density at radius 3 is 2.20 bits per heavy atom. The molecule has 30 heavy (non-hydrogen) atoms. The molecule has 1 unspecified atom stereocenters. The van der Waals surface area contributed by atoms with E-state index < -0.39 is 0 Å². The Bertz CT molecular complexity index is 1130. The van der Waals surface area contributed by atoms with Gasteiger partial charge >= 0.3 is 26.2 Å². The third-order valence-electron chi connectivity index (χ3n) is 5.60. The van der Waals surface area contributed by atoms with Crippen LogP contribution < -0.4 is 24.8 Å². The maximum atomic E-state index is 2.43. The van der Waals surface area contributed by atoms with Crippen molar-refractivity contribution in [2.24, 2.45) is 0 Å². The molecule has 5 aromatic rings. The van der Waals surface area contributed by atoms with E-state index in [0.29, 0.717) is 0 Å². The van der Waals surface area contributed by atoms with Gasteiger partial charge in [0.1, 0.15) is 0 Å². The normalized spacial score (nSPS) is 12.6. The summed E-state index contributed by atoms with van der Waals surface area (Å²) in [7, 11) is -0.281. The molecular weight excluding hydrogens is 505 g/mol. The molecule has 0 nitrogen and oxygen atoms in total. The molecule has 6 rings (SSSR count). The van der Waals surface area contributed by atoms with Crippen molar-refractivity contribution in [2.75, 3.05) is 0 Å². The van der Waals surface area contributed by atoms with Gasteiger partial charge in [0.25, 0.3) is 0 Å². The first-order valence-corrected chi connectivity index (χ1v) is 11.2. The molecule has 0 spiro atoms. The number of halogens is 2. The zero-order valence-corrected chi connectivity index (χ0v) is 21.6. The molecule has 1 atom stereocenters. The van der Waals surface area contributed by atoms with Crippen LogP contribution in [0.2, 0.25) is 0 Å². The molecule has 0 N–H and O–H groups in total. The number of hydrogen-bond donors (Lipinski definition) is 0. The van der Waals surface area contributed by atoms with Crippen LogP contribution in [0.15, 0.2) is 91.0 Å². The number of benzene rings is 2. The first-order chi connectivity index (χ1) is 13.4. The average molecular weight is 529 g/mol. The summed E-state index contributed by atoms with van der Waals surface area (Å²) in [5.41, 5.74) is 1.68. The summed E-state index contributed by atoms with van der Waals surface area (Å²) in [6.45, 7) is 0. The standard InChI is InChI=1S/C21H18P.C5H5.2ClH.Zr/c1-2-8-16-14-17(13-15(16)7-1)22-20-11-5-3-9-18(20)19-10-4-6-12-21(19)22;1-2-4-5-3-1;;;/h1-3,5,7-9,11,13-14H,4,6,10,12H2;1-5H;2*1H;/q2*-1;;;+4/p-2. The fraction of sp³-hybridized carbons (Fsp3) is 0.154. The molecule has 1 heterocycles. The van der Waals surface area contributed by atoms with Crippen molar-refractivity contribution in [3.63, 3.8) is 0 Å². The van der Waals surface area contributed by atoms with Gasteiger partial charge in [0, 0.05) is 5.12 Å². The SMILES string of the molecule is [Cl-].[Cl-].[Zr+4].c1cc[cH-]c1.c1ccc2[cH-]c(-p3c4c(c5ccccc53)CCCC4)cc2c1. The van der Waals surface area contributed by atoms with Crippen LogP contribution in [0.3, 0.4) is 0 Å². The van der Waals surface area contributed by atoms with Gasteiger partial charge in [-0.2, -0.15) is 24.3 Å². The first-order valence-electron chi connectivity index (χ1n) is 9.85. The van der Waals surface area contributed by atoms with Crippen LogP contribution >= 0.6 is 7.53 Å². The van der Waals surface area contributed by atoms with E-state index in [1.54, 1.807) is 26.7 Å². The predicted octanol–water partition coefficient (Wildman–Crippen LogP) is 1.98. The van der Waals surface area contributed by atoms with E-state index in [9.17, 15) is 0 Å². The summed E-state index contributed by atoms with van der Waals surface area (Å²) in [6, 6.07) is 32.8. The summed E-state index contributed by atoms with van der Waals surface area (Å²) >= 11 is 0. The van der Waals surface area contributed by atoms with Crippen LogP contribution in [0.25, 0.3) is 26.6 Å². The predicted molar refractivity (Wildman–Crippen MR) is 120 cm³/mol. The Hall–Kier alpha value is -1.10. The first kappa shape index (κ1) is 25.2. The summed E-state index contributed by atoms with van der Waals surface area (Å²) in [4.78, 5) is 0. The smallest absolute Gasteiger partial charge is 1.00 e. The Morgan fingerprint density at radius 1 is 0.767 bits per heavy atom. The van der Waals surface area contributed by atoms with Gasteiger partial charge in [0.05, 0.1) is 0 Å². The Kier molecular flexibility index (Phi) is 9.65. The second kappa shape index (κ2) is 11.5. The minimum Gasteiger partial charge on any atom is -1.00 e. The molecule has 0 aliphatic heterocycles. The number of aryl methyl sites for hydroxylation is 1. The largest absolute Gasteiger partial charge is 4.00 e. The van der Waals surface area contributed by atoms with Crippen molar-refractivity contribution in [1.29, 1.82) is 0 Å². The van der Waals surface area contributed by atoms with Gasteiger partial charge in [-0.25, -0.2) is 12.1 Å². The monoisotopic (exact) mass is 526 g/mol. The van der Waals surface area contributed by atoms with E-state index in [0.717, 1.165) is 0 Å². The summed E-state index contributed by atoms with van der Waals surface area (Å²) in [5.74, 6) is 0. The van der Waals surface area contributed by atoms with Crippen LogP contribution in [0.5, 0.6) is 0 Å². The van der Waals surface area contributed by atoms with Gasteiger partial charge in [0.15, 0.2) is 0 Å². The molecule has 0 fully saturated rings. The van der Waals surface area contributed by atoms with Crippen LogP contribution in [0.1, 0.15) is 23.7 Å². The number of rotatable bonds is 1. The zero-order valence-electron chi connectivity index (χ0n) is 16.7. The maximum absolute atomic E-state index is 2.43. The maximum Gasteiger partial charge on any atom is 4.00 e. The van der Waals surface area contributed by atoms with E-state index >= 15 is 0 Å². The second-order valence-electron chi connectivity index (χ2n) is 7.29. The van der Waals surface area contributed by atoms with Gasteiger partial charge in [-0.3, -0.25) is 0 Å². The van der Waals surface area contributed by atoms with Gasteiger partial charge in [-0.1, -0.05) is 35.6 Å². The third-order valence-corrected chi connectivity index (χ3v) is 8.27. The number of hydrogen-bond acceptors (Lipinski definition) is 0. The van der Waals surface area contributed by atoms with Gasteiger partial charge in [-0.05, 0) is 41.9 Å². The Morgan fingerprint density at radius 2 is 1.47 bits per heavy atom. The number of fused-ring (bicyclic) bond motifs is 4. The van der Waals surface area contributed by atoms with Gasteiger partial charge in [-0.15, -0.1) is 42.6 Å². The van der Waals surface area contributed by atoms with E-state index in [1.807, 2.05) is 30.3 Å². The van der Waals surface area contributed by atoms with Crippen molar-refractivity contribution in [3.8, 4) is 5.30 Å². The Labute approximate surface area is 211 Å². The molecule has 1 aromatic heterocycles. The van der Waals surface area contributed by atoms with Crippen molar-refractivity contribution >= 4 is 28.8 Å².